The van der Waals surface area contributed by atoms with Crippen LogP contribution in [0.15, 0.2) is 42.6 Å². The van der Waals surface area contributed by atoms with Gasteiger partial charge in [-0.05, 0) is 32.0 Å². The van der Waals surface area contributed by atoms with Gasteiger partial charge in [-0.25, -0.2) is 0 Å². The standard InChI is InChI=1S/C16H22N2O2/c1-13(2)18-10-8-14(17-18)12-15(19)9-11-20-16-6-4-3-5-7-16/h3-8,10,13,15,19H,9,11-12H2,1-2H3. The van der Waals surface area contributed by atoms with E-state index in [-0.39, 0.29) is 0 Å². The van der Waals surface area contributed by atoms with Gasteiger partial charge in [0, 0.05) is 25.1 Å². The molecule has 0 aliphatic heterocycles. The lowest BCUT2D eigenvalue weighted by Gasteiger charge is -2.10. The molecule has 0 radical (unpaired) electrons. The molecule has 0 aliphatic rings. The first-order valence-corrected chi connectivity index (χ1v) is 7.05. The van der Waals surface area contributed by atoms with Crippen LogP contribution in [0, 0.1) is 0 Å². The molecular weight excluding hydrogens is 252 g/mol. The number of aliphatic hydroxyl groups excluding tert-OH is 1. The number of rotatable bonds is 7. The number of aliphatic hydroxyl groups is 1. The second kappa shape index (κ2) is 7.10. The number of benzene rings is 1. The third-order valence-electron chi connectivity index (χ3n) is 3.10. The maximum absolute atomic E-state index is 10.00. The largest absolute Gasteiger partial charge is 0.493 e. The van der Waals surface area contributed by atoms with Crippen LogP contribution in [0.25, 0.3) is 0 Å². The second-order valence-electron chi connectivity index (χ2n) is 5.19. The number of para-hydroxylation sites is 1. The Balaban J connectivity index is 1.73. The van der Waals surface area contributed by atoms with Crippen LogP contribution in [0.1, 0.15) is 32.0 Å². The first-order chi connectivity index (χ1) is 9.65. The van der Waals surface area contributed by atoms with Crippen LogP contribution in [0.2, 0.25) is 0 Å². The van der Waals surface area contributed by atoms with Crippen molar-refractivity contribution in [3.8, 4) is 5.75 Å². The summed E-state index contributed by atoms with van der Waals surface area (Å²) >= 11 is 0. The Bertz CT molecular complexity index is 508. The molecule has 4 heteroatoms. The van der Waals surface area contributed by atoms with Crippen molar-refractivity contribution >= 4 is 0 Å². The zero-order chi connectivity index (χ0) is 14.4. The lowest BCUT2D eigenvalue weighted by Crippen LogP contribution is -2.15. The van der Waals surface area contributed by atoms with Gasteiger partial charge in [0.05, 0.1) is 18.4 Å². The van der Waals surface area contributed by atoms with Crippen LogP contribution in [-0.2, 0) is 6.42 Å². The monoisotopic (exact) mass is 274 g/mol. The van der Waals surface area contributed by atoms with Gasteiger partial charge >= 0.3 is 0 Å². The highest BCUT2D eigenvalue weighted by Gasteiger charge is 2.09. The Morgan fingerprint density at radius 1 is 1.20 bits per heavy atom. The Hall–Kier alpha value is -1.81. The Kier molecular flexibility index (Phi) is 5.18. The van der Waals surface area contributed by atoms with E-state index in [1.807, 2.05) is 47.3 Å². The fraction of sp³-hybridized carbons (Fsp3) is 0.438. The summed E-state index contributed by atoms with van der Waals surface area (Å²) in [5.41, 5.74) is 0.922. The predicted molar refractivity (Wildman–Crippen MR) is 78.9 cm³/mol. The van der Waals surface area contributed by atoms with E-state index in [0.717, 1.165) is 11.4 Å². The van der Waals surface area contributed by atoms with E-state index >= 15 is 0 Å². The molecule has 0 bridgehead atoms. The van der Waals surface area contributed by atoms with Crippen molar-refractivity contribution in [3.63, 3.8) is 0 Å². The van der Waals surface area contributed by atoms with Gasteiger partial charge in [-0.3, -0.25) is 4.68 Å². The van der Waals surface area contributed by atoms with Crippen LogP contribution < -0.4 is 4.74 Å². The number of ether oxygens (including phenoxy) is 1. The summed E-state index contributed by atoms with van der Waals surface area (Å²) in [6.07, 6.45) is 2.70. The van der Waals surface area contributed by atoms with Crippen molar-refractivity contribution in [2.75, 3.05) is 6.61 Å². The van der Waals surface area contributed by atoms with E-state index < -0.39 is 6.10 Å². The molecule has 0 spiro atoms. The van der Waals surface area contributed by atoms with E-state index in [1.54, 1.807) is 0 Å². The van der Waals surface area contributed by atoms with Gasteiger partial charge in [-0.1, -0.05) is 18.2 Å². The molecule has 0 amide bonds. The summed E-state index contributed by atoms with van der Waals surface area (Å²) in [4.78, 5) is 0. The van der Waals surface area contributed by atoms with Crippen molar-refractivity contribution in [2.24, 2.45) is 0 Å². The highest BCUT2D eigenvalue weighted by molar-refractivity contribution is 5.20. The number of hydrogen-bond acceptors (Lipinski definition) is 3. The second-order valence-corrected chi connectivity index (χ2v) is 5.19. The molecule has 0 saturated carbocycles. The van der Waals surface area contributed by atoms with Crippen molar-refractivity contribution in [3.05, 3.63) is 48.3 Å². The highest BCUT2D eigenvalue weighted by Crippen LogP contribution is 2.11. The molecule has 1 unspecified atom stereocenters. The zero-order valence-electron chi connectivity index (χ0n) is 12.1. The van der Waals surface area contributed by atoms with Crippen LogP contribution in [-0.4, -0.2) is 27.6 Å². The molecule has 108 valence electrons. The van der Waals surface area contributed by atoms with Crippen molar-refractivity contribution < 1.29 is 9.84 Å². The Morgan fingerprint density at radius 2 is 1.95 bits per heavy atom. The molecule has 0 fully saturated rings. The molecule has 1 aromatic carbocycles. The summed E-state index contributed by atoms with van der Waals surface area (Å²) < 4.78 is 7.48. The van der Waals surface area contributed by atoms with E-state index in [4.69, 9.17) is 4.74 Å². The highest BCUT2D eigenvalue weighted by atomic mass is 16.5. The van der Waals surface area contributed by atoms with Gasteiger partial charge in [-0.2, -0.15) is 5.10 Å². The third kappa shape index (κ3) is 4.38. The van der Waals surface area contributed by atoms with E-state index in [9.17, 15) is 5.11 Å². The molecule has 2 rings (SSSR count). The average molecular weight is 274 g/mol. The Morgan fingerprint density at radius 3 is 2.60 bits per heavy atom. The van der Waals surface area contributed by atoms with Crippen LogP contribution in [0.4, 0.5) is 0 Å². The first kappa shape index (κ1) is 14.6. The minimum absolute atomic E-state index is 0.349. The van der Waals surface area contributed by atoms with Gasteiger partial charge in [0.15, 0.2) is 0 Å². The van der Waals surface area contributed by atoms with Gasteiger partial charge in [0.1, 0.15) is 5.75 Å². The van der Waals surface area contributed by atoms with E-state index in [2.05, 4.69) is 18.9 Å². The summed E-state index contributed by atoms with van der Waals surface area (Å²) in [7, 11) is 0. The molecule has 4 nitrogen and oxygen atoms in total. The molecule has 20 heavy (non-hydrogen) atoms. The molecule has 1 heterocycles. The summed E-state index contributed by atoms with van der Waals surface area (Å²) in [5, 5.41) is 14.4. The normalized spacial score (nSPS) is 12.6. The lowest BCUT2D eigenvalue weighted by atomic mass is 10.1. The van der Waals surface area contributed by atoms with Crippen LogP contribution in [0.3, 0.4) is 0 Å². The fourth-order valence-corrected chi connectivity index (χ4v) is 1.95. The van der Waals surface area contributed by atoms with E-state index in [0.29, 0.717) is 25.5 Å². The quantitative estimate of drug-likeness (QED) is 0.844. The van der Waals surface area contributed by atoms with E-state index in [1.165, 1.54) is 0 Å². The summed E-state index contributed by atoms with van der Waals surface area (Å²) in [6.45, 7) is 4.68. The molecule has 1 aromatic heterocycles. The smallest absolute Gasteiger partial charge is 0.119 e. The summed E-state index contributed by atoms with van der Waals surface area (Å²) in [5.74, 6) is 0.837. The Labute approximate surface area is 120 Å². The van der Waals surface area contributed by atoms with Gasteiger partial charge in [-0.15, -0.1) is 0 Å². The van der Waals surface area contributed by atoms with Crippen molar-refractivity contribution in [1.29, 1.82) is 0 Å². The number of hydrogen-bond donors (Lipinski definition) is 1. The number of aromatic nitrogens is 2. The van der Waals surface area contributed by atoms with Gasteiger partial charge in [0.2, 0.25) is 0 Å². The maximum Gasteiger partial charge on any atom is 0.119 e. The van der Waals surface area contributed by atoms with Gasteiger partial charge < -0.3 is 9.84 Å². The van der Waals surface area contributed by atoms with Crippen molar-refractivity contribution in [1.82, 2.24) is 9.78 Å². The molecule has 1 atom stereocenters. The molecule has 2 aromatic rings. The maximum atomic E-state index is 10.00. The number of nitrogens with zero attached hydrogens (tertiary/aromatic N) is 2. The lowest BCUT2D eigenvalue weighted by molar-refractivity contribution is 0.138. The predicted octanol–water partition coefficient (Wildman–Crippen LogP) is 2.84. The third-order valence-corrected chi connectivity index (χ3v) is 3.10. The van der Waals surface area contributed by atoms with Crippen molar-refractivity contribution in [2.45, 2.75) is 38.8 Å². The average Bonchev–Trinajstić information content (AvgIpc) is 2.88. The molecule has 0 aliphatic carbocycles. The fourth-order valence-electron chi connectivity index (χ4n) is 1.95. The molecule has 1 N–H and O–H groups in total. The molecular formula is C16H22N2O2. The van der Waals surface area contributed by atoms with Crippen LogP contribution >= 0.6 is 0 Å². The minimum atomic E-state index is -0.422. The topological polar surface area (TPSA) is 47.3 Å². The SMILES string of the molecule is CC(C)n1ccc(CC(O)CCOc2ccccc2)n1. The summed E-state index contributed by atoms with van der Waals surface area (Å²) in [6, 6.07) is 12.0. The van der Waals surface area contributed by atoms with Gasteiger partial charge in [0.25, 0.3) is 0 Å². The zero-order valence-corrected chi connectivity index (χ0v) is 12.1. The molecule has 0 saturated heterocycles. The van der Waals surface area contributed by atoms with Crippen LogP contribution in [0.5, 0.6) is 5.75 Å². The minimum Gasteiger partial charge on any atom is -0.493 e. The first-order valence-electron chi connectivity index (χ1n) is 7.05.